The second-order valence-electron chi connectivity index (χ2n) is 3.47. The fourth-order valence-electron chi connectivity index (χ4n) is 1.59. The van der Waals surface area contributed by atoms with Crippen LogP contribution in [0, 0.1) is 0 Å². The van der Waals surface area contributed by atoms with Crippen LogP contribution in [0.4, 0.5) is 0 Å². The van der Waals surface area contributed by atoms with Crippen molar-refractivity contribution in [1.82, 2.24) is 5.32 Å². The Labute approximate surface area is 105 Å². The molecule has 1 unspecified atom stereocenters. The van der Waals surface area contributed by atoms with Crippen molar-refractivity contribution in [3.8, 4) is 0 Å². The SMILES string of the molecule is NC1=NCC(c2cc(Br)ccc2Br)CN1. The van der Waals surface area contributed by atoms with Crippen LogP contribution in [0.1, 0.15) is 11.5 Å². The molecule has 1 atom stereocenters. The van der Waals surface area contributed by atoms with Crippen molar-refractivity contribution in [3.63, 3.8) is 0 Å². The Kier molecular flexibility index (Phi) is 3.31. The second-order valence-corrected chi connectivity index (χ2v) is 5.24. The van der Waals surface area contributed by atoms with Gasteiger partial charge in [-0.05, 0) is 23.8 Å². The van der Waals surface area contributed by atoms with E-state index in [4.69, 9.17) is 5.73 Å². The summed E-state index contributed by atoms with van der Waals surface area (Å²) < 4.78 is 2.20. The van der Waals surface area contributed by atoms with Crippen LogP contribution < -0.4 is 11.1 Å². The minimum atomic E-state index is 0.379. The molecule has 0 spiro atoms. The molecule has 0 aromatic heterocycles. The minimum absolute atomic E-state index is 0.379. The summed E-state index contributed by atoms with van der Waals surface area (Å²) in [4.78, 5) is 4.21. The predicted molar refractivity (Wildman–Crippen MR) is 69.1 cm³/mol. The van der Waals surface area contributed by atoms with Gasteiger partial charge in [0, 0.05) is 21.4 Å². The van der Waals surface area contributed by atoms with Gasteiger partial charge in [0.25, 0.3) is 0 Å². The first kappa shape index (κ1) is 11.0. The smallest absolute Gasteiger partial charge is 0.188 e. The maximum absolute atomic E-state index is 5.56. The Balaban J connectivity index is 2.26. The van der Waals surface area contributed by atoms with E-state index in [0.717, 1.165) is 22.0 Å². The van der Waals surface area contributed by atoms with E-state index in [-0.39, 0.29) is 0 Å². The summed E-state index contributed by atoms with van der Waals surface area (Å²) >= 11 is 7.03. The Hall–Kier alpha value is -0.550. The monoisotopic (exact) mass is 331 g/mol. The highest BCUT2D eigenvalue weighted by molar-refractivity contribution is 9.11. The quantitative estimate of drug-likeness (QED) is 0.828. The van der Waals surface area contributed by atoms with Crippen LogP contribution in [0.25, 0.3) is 0 Å². The molecule has 3 N–H and O–H groups in total. The molecule has 80 valence electrons. The van der Waals surface area contributed by atoms with Gasteiger partial charge in [-0.1, -0.05) is 31.9 Å². The van der Waals surface area contributed by atoms with Gasteiger partial charge in [0.05, 0.1) is 6.54 Å². The average molecular weight is 333 g/mol. The first-order valence-electron chi connectivity index (χ1n) is 4.65. The minimum Gasteiger partial charge on any atom is -0.370 e. The van der Waals surface area contributed by atoms with Crippen LogP contribution >= 0.6 is 31.9 Å². The lowest BCUT2D eigenvalue weighted by molar-refractivity contribution is 0.632. The highest BCUT2D eigenvalue weighted by atomic mass is 79.9. The number of halogens is 2. The molecule has 15 heavy (non-hydrogen) atoms. The van der Waals surface area contributed by atoms with E-state index in [1.807, 2.05) is 12.1 Å². The van der Waals surface area contributed by atoms with Crippen molar-refractivity contribution in [2.45, 2.75) is 5.92 Å². The summed E-state index contributed by atoms with van der Waals surface area (Å²) in [6, 6.07) is 6.18. The molecule has 0 bridgehead atoms. The normalized spacial score (nSPS) is 20.7. The zero-order valence-electron chi connectivity index (χ0n) is 8.00. The molecule has 3 nitrogen and oxygen atoms in total. The zero-order valence-corrected chi connectivity index (χ0v) is 11.2. The van der Waals surface area contributed by atoms with Gasteiger partial charge in [0.15, 0.2) is 5.96 Å². The van der Waals surface area contributed by atoms with Crippen LogP contribution in [0.5, 0.6) is 0 Å². The maximum Gasteiger partial charge on any atom is 0.188 e. The molecule has 1 aliphatic rings. The predicted octanol–water partition coefficient (Wildman–Crippen LogP) is 2.21. The number of hydrogen-bond acceptors (Lipinski definition) is 3. The lowest BCUT2D eigenvalue weighted by Gasteiger charge is -2.22. The average Bonchev–Trinajstić information content (AvgIpc) is 2.23. The third-order valence-electron chi connectivity index (χ3n) is 2.41. The number of aliphatic imine (C=N–C) groups is 1. The van der Waals surface area contributed by atoms with Gasteiger partial charge in [0.2, 0.25) is 0 Å². The van der Waals surface area contributed by atoms with Crippen molar-refractivity contribution >= 4 is 37.8 Å². The number of nitrogens with zero attached hydrogens (tertiary/aromatic N) is 1. The summed E-state index contributed by atoms with van der Waals surface area (Å²) in [6.45, 7) is 1.58. The number of nitrogens with one attached hydrogen (secondary N) is 1. The maximum atomic E-state index is 5.56. The number of rotatable bonds is 1. The fourth-order valence-corrected chi connectivity index (χ4v) is 2.54. The molecule has 0 fully saturated rings. The largest absolute Gasteiger partial charge is 0.370 e. The van der Waals surface area contributed by atoms with Crippen LogP contribution in [0.3, 0.4) is 0 Å². The lowest BCUT2D eigenvalue weighted by Crippen LogP contribution is -2.39. The van der Waals surface area contributed by atoms with Crippen molar-refractivity contribution < 1.29 is 0 Å². The zero-order chi connectivity index (χ0) is 10.8. The molecular weight excluding hydrogens is 322 g/mol. The summed E-state index contributed by atoms with van der Waals surface area (Å²) in [7, 11) is 0. The Morgan fingerprint density at radius 1 is 1.40 bits per heavy atom. The topological polar surface area (TPSA) is 50.4 Å². The molecule has 1 aromatic carbocycles. The van der Waals surface area contributed by atoms with E-state index in [1.54, 1.807) is 0 Å². The molecule has 0 saturated heterocycles. The molecule has 0 amide bonds. The second kappa shape index (κ2) is 4.53. The van der Waals surface area contributed by atoms with Crippen LogP contribution in [0.2, 0.25) is 0 Å². The van der Waals surface area contributed by atoms with Crippen molar-refractivity contribution in [2.24, 2.45) is 10.7 Å². The molecule has 1 aliphatic heterocycles. The summed E-state index contributed by atoms with van der Waals surface area (Å²) in [5.74, 6) is 0.918. The van der Waals surface area contributed by atoms with Crippen molar-refractivity contribution in [1.29, 1.82) is 0 Å². The first-order chi connectivity index (χ1) is 7.16. The molecule has 1 heterocycles. The van der Waals surface area contributed by atoms with E-state index >= 15 is 0 Å². The van der Waals surface area contributed by atoms with Gasteiger partial charge in [0.1, 0.15) is 0 Å². The Bertz CT molecular complexity index is 404. The fraction of sp³-hybridized carbons (Fsp3) is 0.300. The van der Waals surface area contributed by atoms with E-state index < -0.39 is 0 Å². The van der Waals surface area contributed by atoms with Crippen LogP contribution in [0.15, 0.2) is 32.1 Å². The molecule has 0 radical (unpaired) electrons. The lowest BCUT2D eigenvalue weighted by atomic mass is 9.98. The van der Waals surface area contributed by atoms with Gasteiger partial charge in [-0.15, -0.1) is 0 Å². The van der Waals surface area contributed by atoms with Crippen LogP contribution in [-0.2, 0) is 0 Å². The van der Waals surface area contributed by atoms with Crippen molar-refractivity contribution in [2.75, 3.05) is 13.1 Å². The standard InChI is InChI=1S/C10H11Br2N3/c11-7-1-2-9(12)8(3-7)6-4-14-10(13)15-5-6/h1-3,6H,4-5H2,(H3,13,14,15). The number of nitrogens with two attached hydrogens (primary N) is 1. The number of guanidine groups is 1. The summed E-state index contributed by atoms with van der Waals surface area (Å²) in [5.41, 5.74) is 6.82. The highest BCUT2D eigenvalue weighted by Gasteiger charge is 2.18. The summed E-state index contributed by atoms with van der Waals surface area (Å²) in [6.07, 6.45) is 0. The van der Waals surface area contributed by atoms with Gasteiger partial charge >= 0.3 is 0 Å². The molecular formula is C10H11Br2N3. The molecule has 1 aromatic rings. The molecule has 2 rings (SSSR count). The van der Waals surface area contributed by atoms with E-state index in [1.165, 1.54) is 5.56 Å². The first-order valence-corrected chi connectivity index (χ1v) is 6.24. The Morgan fingerprint density at radius 3 is 2.87 bits per heavy atom. The van der Waals surface area contributed by atoms with Gasteiger partial charge in [-0.25, -0.2) is 0 Å². The third-order valence-corrected chi connectivity index (χ3v) is 3.62. The number of benzene rings is 1. The third kappa shape index (κ3) is 2.52. The molecule has 0 aliphatic carbocycles. The molecule has 0 saturated carbocycles. The highest BCUT2D eigenvalue weighted by Crippen LogP contribution is 2.28. The van der Waals surface area contributed by atoms with Crippen molar-refractivity contribution in [3.05, 3.63) is 32.7 Å². The summed E-state index contributed by atoms with van der Waals surface area (Å²) in [5, 5.41) is 3.07. The van der Waals surface area contributed by atoms with Crippen LogP contribution in [-0.4, -0.2) is 19.0 Å². The van der Waals surface area contributed by atoms with E-state index in [9.17, 15) is 0 Å². The van der Waals surface area contributed by atoms with Gasteiger partial charge in [-0.3, -0.25) is 4.99 Å². The van der Waals surface area contributed by atoms with Gasteiger partial charge < -0.3 is 11.1 Å². The number of hydrogen-bond donors (Lipinski definition) is 2. The van der Waals surface area contributed by atoms with E-state index in [2.05, 4.69) is 48.2 Å². The Morgan fingerprint density at radius 2 is 2.20 bits per heavy atom. The van der Waals surface area contributed by atoms with Gasteiger partial charge in [-0.2, -0.15) is 0 Å². The van der Waals surface area contributed by atoms with E-state index in [0.29, 0.717) is 11.9 Å². The molecule has 5 heteroatoms.